The van der Waals surface area contributed by atoms with Gasteiger partial charge in [0.15, 0.2) is 0 Å². The van der Waals surface area contributed by atoms with Crippen molar-refractivity contribution in [3.05, 3.63) is 39.4 Å². The normalized spacial score (nSPS) is 10.8. The number of nitrogens with one attached hydrogen (secondary N) is 1. The van der Waals surface area contributed by atoms with Gasteiger partial charge in [-0.3, -0.25) is 0 Å². The predicted octanol–water partition coefficient (Wildman–Crippen LogP) is 3.64. The smallest absolute Gasteiger partial charge is 0.0903 e. The summed E-state index contributed by atoms with van der Waals surface area (Å²) in [7, 11) is 1.97. The minimum absolute atomic E-state index is 0.962. The summed E-state index contributed by atoms with van der Waals surface area (Å²) >= 11 is 5.28. The molecule has 0 aliphatic carbocycles. The number of aryl methyl sites for hydroxylation is 1. The van der Waals surface area contributed by atoms with Crippen molar-refractivity contribution in [2.75, 3.05) is 13.6 Å². The molecule has 1 N–H and O–H groups in total. The van der Waals surface area contributed by atoms with Crippen LogP contribution in [0.5, 0.6) is 0 Å². The average molecular weight is 311 g/mol. The Labute approximate surface area is 114 Å². The molecular weight excluding hydrogens is 296 g/mol. The van der Waals surface area contributed by atoms with Gasteiger partial charge in [0.05, 0.1) is 15.6 Å². The van der Waals surface area contributed by atoms with E-state index < -0.39 is 0 Å². The van der Waals surface area contributed by atoms with Crippen molar-refractivity contribution in [2.24, 2.45) is 0 Å². The number of likely N-dealkylation sites (N-methyl/N-ethyl adjacent to an activating group) is 1. The third kappa shape index (κ3) is 3.15. The van der Waals surface area contributed by atoms with Crippen LogP contribution in [0.4, 0.5) is 0 Å². The number of hydrogen-bond donors (Lipinski definition) is 1. The van der Waals surface area contributed by atoms with Crippen LogP contribution in [-0.4, -0.2) is 18.6 Å². The van der Waals surface area contributed by atoms with Crippen LogP contribution >= 0.6 is 27.3 Å². The topological polar surface area (TPSA) is 24.9 Å². The van der Waals surface area contributed by atoms with Crippen LogP contribution in [0.3, 0.4) is 0 Å². The first-order valence-electron chi connectivity index (χ1n) is 5.57. The number of benzene rings is 1. The molecular formula is C13H15BrN2S. The molecule has 0 bridgehead atoms. The van der Waals surface area contributed by atoms with Crippen molar-refractivity contribution in [1.29, 1.82) is 0 Å². The van der Waals surface area contributed by atoms with Gasteiger partial charge in [0.1, 0.15) is 0 Å². The maximum Gasteiger partial charge on any atom is 0.0903 e. The summed E-state index contributed by atoms with van der Waals surface area (Å²) in [5.41, 5.74) is 2.44. The summed E-state index contributed by atoms with van der Waals surface area (Å²) in [5, 5.41) is 4.30. The van der Waals surface area contributed by atoms with Crippen molar-refractivity contribution in [3.63, 3.8) is 0 Å². The van der Waals surface area contributed by atoms with Crippen LogP contribution < -0.4 is 5.32 Å². The highest BCUT2D eigenvalue weighted by atomic mass is 79.9. The Balaban J connectivity index is 2.37. The largest absolute Gasteiger partial charge is 0.319 e. The van der Waals surface area contributed by atoms with Gasteiger partial charge in [-0.25, -0.2) is 4.98 Å². The maximum absolute atomic E-state index is 4.62. The molecule has 1 aromatic carbocycles. The molecule has 0 saturated heterocycles. The van der Waals surface area contributed by atoms with Gasteiger partial charge < -0.3 is 5.32 Å². The quantitative estimate of drug-likeness (QED) is 0.932. The van der Waals surface area contributed by atoms with E-state index in [4.69, 9.17) is 0 Å². The van der Waals surface area contributed by atoms with Gasteiger partial charge in [0.25, 0.3) is 0 Å². The third-order valence-electron chi connectivity index (χ3n) is 2.50. The highest BCUT2D eigenvalue weighted by Gasteiger charge is 2.10. The van der Waals surface area contributed by atoms with Crippen molar-refractivity contribution >= 4 is 27.3 Å². The molecule has 2 nitrogen and oxygen atoms in total. The summed E-state index contributed by atoms with van der Waals surface area (Å²) in [4.78, 5) is 5.91. The molecule has 0 atom stereocenters. The van der Waals surface area contributed by atoms with Crippen molar-refractivity contribution in [3.8, 4) is 10.4 Å². The second-order valence-corrected chi connectivity index (χ2v) is 5.99. The molecule has 0 amide bonds. The minimum atomic E-state index is 0.962. The lowest BCUT2D eigenvalue weighted by molar-refractivity contribution is 0.779. The Morgan fingerprint density at radius 3 is 2.94 bits per heavy atom. The number of halogens is 1. The standard InChI is InChI=1S/C13H15BrN2S/c1-9-16-12(6-7-15-2)13(17-9)10-4-3-5-11(14)8-10/h3-5,8,15H,6-7H2,1-2H3. The SMILES string of the molecule is CNCCc1nc(C)sc1-c1cccc(Br)c1. The Kier molecular flexibility index (Phi) is 4.31. The van der Waals surface area contributed by atoms with Crippen LogP contribution in [0.1, 0.15) is 10.7 Å². The number of aromatic nitrogens is 1. The van der Waals surface area contributed by atoms with Crippen LogP contribution in [-0.2, 0) is 6.42 Å². The first kappa shape index (κ1) is 12.7. The molecule has 0 fully saturated rings. The molecule has 1 aromatic heterocycles. The van der Waals surface area contributed by atoms with Gasteiger partial charge in [0, 0.05) is 17.4 Å². The van der Waals surface area contributed by atoms with Gasteiger partial charge >= 0.3 is 0 Å². The van der Waals surface area contributed by atoms with E-state index in [9.17, 15) is 0 Å². The number of rotatable bonds is 4. The van der Waals surface area contributed by atoms with Crippen LogP contribution in [0, 0.1) is 6.92 Å². The summed E-state index contributed by atoms with van der Waals surface area (Å²) < 4.78 is 1.11. The van der Waals surface area contributed by atoms with Crippen LogP contribution in [0.2, 0.25) is 0 Å². The summed E-state index contributed by atoms with van der Waals surface area (Å²) in [6, 6.07) is 8.40. The molecule has 0 radical (unpaired) electrons. The molecule has 1 heterocycles. The Bertz CT molecular complexity index is 508. The minimum Gasteiger partial charge on any atom is -0.319 e. The van der Waals surface area contributed by atoms with Crippen molar-refractivity contribution in [2.45, 2.75) is 13.3 Å². The second kappa shape index (κ2) is 5.76. The zero-order chi connectivity index (χ0) is 12.3. The van der Waals surface area contributed by atoms with Gasteiger partial charge in [-0.2, -0.15) is 0 Å². The van der Waals surface area contributed by atoms with Crippen molar-refractivity contribution < 1.29 is 0 Å². The number of hydrogen-bond acceptors (Lipinski definition) is 3. The predicted molar refractivity (Wildman–Crippen MR) is 77.6 cm³/mol. The van der Waals surface area contributed by atoms with Crippen LogP contribution in [0.15, 0.2) is 28.7 Å². The summed E-state index contributed by atoms with van der Waals surface area (Å²) in [6.45, 7) is 3.03. The number of nitrogens with zero attached hydrogens (tertiary/aromatic N) is 1. The lowest BCUT2D eigenvalue weighted by Crippen LogP contribution is -2.10. The molecule has 2 aromatic rings. The van der Waals surface area contributed by atoms with Gasteiger partial charge in [-0.1, -0.05) is 28.1 Å². The molecule has 4 heteroatoms. The summed E-state index contributed by atoms with van der Waals surface area (Å²) in [5.74, 6) is 0. The zero-order valence-electron chi connectivity index (χ0n) is 9.96. The Morgan fingerprint density at radius 1 is 1.41 bits per heavy atom. The molecule has 0 aliphatic rings. The van der Waals surface area contributed by atoms with E-state index >= 15 is 0 Å². The van der Waals surface area contributed by atoms with E-state index in [-0.39, 0.29) is 0 Å². The summed E-state index contributed by atoms with van der Waals surface area (Å²) in [6.07, 6.45) is 0.975. The Morgan fingerprint density at radius 2 is 2.24 bits per heavy atom. The molecule has 0 aliphatic heterocycles. The van der Waals surface area contributed by atoms with Gasteiger partial charge in [-0.05, 0) is 31.7 Å². The van der Waals surface area contributed by atoms with Crippen molar-refractivity contribution in [1.82, 2.24) is 10.3 Å². The Hall–Kier alpha value is -0.710. The van der Waals surface area contributed by atoms with E-state index in [1.165, 1.54) is 16.1 Å². The highest BCUT2D eigenvalue weighted by molar-refractivity contribution is 9.10. The zero-order valence-corrected chi connectivity index (χ0v) is 12.4. The molecule has 17 heavy (non-hydrogen) atoms. The van der Waals surface area contributed by atoms with E-state index in [2.05, 4.69) is 51.4 Å². The molecule has 0 unspecified atom stereocenters. The number of thiazole rings is 1. The fourth-order valence-corrected chi connectivity index (χ4v) is 3.10. The molecule has 0 spiro atoms. The van der Waals surface area contributed by atoms with E-state index in [0.29, 0.717) is 0 Å². The van der Waals surface area contributed by atoms with Gasteiger partial charge in [-0.15, -0.1) is 11.3 Å². The fourth-order valence-electron chi connectivity index (χ4n) is 1.74. The maximum atomic E-state index is 4.62. The van der Waals surface area contributed by atoms with E-state index in [1.807, 2.05) is 13.1 Å². The molecule has 90 valence electrons. The first-order chi connectivity index (χ1) is 8.20. The van der Waals surface area contributed by atoms with Crippen LogP contribution in [0.25, 0.3) is 10.4 Å². The van der Waals surface area contributed by atoms with E-state index in [0.717, 1.165) is 22.4 Å². The lowest BCUT2D eigenvalue weighted by Gasteiger charge is -2.02. The third-order valence-corrected chi connectivity index (χ3v) is 4.06. The first-order valence-corrected chi connectivity index (χ1v) is 7.18. The fraction of sp³-hybridized carbons (Fsp3) is 0.308. The molecule has 2 rings (SSSR count). The van der Waals surface area contributed by atoms with E-state index in [1.54, 1.807) is 11.3 Å². The average Bonchev–Trinajstić information content (AvgIpc) is 2.68. The monoisotopic (exact) mass is 310 g/mol. The highest BCUT2D eigenvalue weighted by Crippen LogP contribution is 2.31. The molecule has 0 saturated carbocycles. The lowest BCUT2D eigenvalue weighted by atomic mass is 10.1. The second-order valence-electron chi connectivity index (χ2n) is 3.87. The van der Waals surface area contributed by atoms with Gasteiger partial charge in [0.2, 0.25) is 0 Å².